The van der Waals surface area contributed by atoms with Crippen molar-refractivity contribution in [3.8, 4) is 5.75 Å². The average Bonchev–Trinajstić information content (AvgIpc) is 2.79. The van der Waals surface area contributed by atoms with Gasteiger partial charge in [0.05, 0.1) is 13.0 Å². The summed E-state index contributed by atoms with van der Waals surface area (Å²) in [7, 11) is 1.80. The number of carbonyl (C=O) groups excluding carboxylic acids is 1. The van der Waals surface area contributed by atoms with Crippen molar-refractivity contribution in [3.05, 3.63) is 41.6 Å². The first-order valence-corrected chi connectivity index (χ1v) is 6.54. The van der Waals surface area contributed by atoms with Crippen LogP contribution in [0.3, 0.4) is 0 Å². The Balaban J connectivity index is 1.80. The van der Waals surface area contributed by atoms with E-state index in [0.717, 1.165) is 16.9 Å². The van der Waals surface area contributed by atoms with Crippen LogP contribution in [0.15, 0.2) is 30.5 Å². The molecular formula is C15H19N3O2. The molecule has 0 aliphatic carbocycles. The van der Waals surface area contributed by atoms with Crippen molar-refractivity contribution in [1.82, 2.24) is 9.78 Å². The highest BCUT2D eigenvalue weighted by atomic mass is 16.5. The number of ether oxygens (including phenoxy) is 1. The van der Waals surface area contributed by atoms with Crippen LogP contribution < -0.4 is 10.1 Å². The summed E-state index contributed by atoms with van der Waals surface area (Å²) in [6.07, 6.45) is 2.08. The van der Waals surface area contributed by atoms with Crippen molar-refractivity contribution >= 4 is 11.7 Å². The molecule has 106 valence electrons. The zero-order chi connectivity index (χ0) is 14.5. The number of hydrogen-bond donors (Lipinski definition) is 1. The van der Waals surface area contributed by atoms with Crippen LogP contribution in [0.5, 0.6) is 5.75 Å². The molecule has 1 aromatic carbocycles. The molecule has 1 amide bonds. The van der Waals surface area contributed by atoms with E-state index in [9.17, 15) is 4.79 Å². The first kappa shape index (κ1) is 14.1. The number of rotatable bonds is 5. The highest BCUT2D eigenvalue weighted by molar-refractivity contribution is 5.89. The average molecular weight is 273 g/mol. The fourth-order valence-corrected chi connectivity index (χ4v) is 1.80. The molecule has 0 unspecified atom stereocenters. The van der Waals surface area contributed by atoms with Gasteiger partial charge in [0.1, 0.15) is 5.75 Å². The summed E-state index contributed by atoms with van der Waals surface area (Å²) in [5.41, 5.74) is 2.21. The molecule has 0 aliphatic heterocycles. The summed E-state index contributed by atoms with van der Waals surface area (Å²) >= 11 is 0. The predicted molar refractivity (Wildman–Crippen MR) is 77.9 cm³/mol. The lowest BCUT2D eigenvalue weighted by Gasteiger charge is -2.09. The lowest BCUT2D eigenvalue weighted by Crippen LogP contribution is -2.15. The first-order chi connectivity index (χ1) is 9.54. The molecule has 0 saturated heterocycles. The van der Waals surface area contributed by atoms with Gasteiger partial charge in [-0.3, -0.25) is 9.48 Å². The van der Waals surface area contributed by atoms with Gasteiger partial charge in [0.2, 0.25) is 5.91 Å². The molecule has 0 fully saturated rings. The van der Waals surface area contributed by atoms with E-state index in [1.54, 1.807) is 24.0 Å². The lowest BCUT2D eigenvalue weighted by molar-refractivity contribution is -0.116. The van der Waals surface area contributed by atoms with Crippen molar-refractivity contribution in [2.75, 3.05) is 11.9 Å². The highest BCUT2D eigenvalue weighted by Gasteiger charge is 2.06. The Labute approximate surface area is 118 Å². The number of hydrogen-bond acceptors (Lipinski definition) is 3. The molecule has 5 heteroatoms. The lowest BCUT2D eigenvalue weighted by atomic mass is 10.1. The highest BCUT2D eigenvalue weighted by Crippen LogP contribution is 2.19. The summed E-state index contributed by atoms with van der Waals surface area (Å²) < 4.78 is 7.29. The molecule has 1 heterocycles. The molecular weight excluding hydrogens is 254 g/mol. The van der Waals surface area contributed by atoms with Crippen LogP contribution in [0, 0.1) is 13.8 Å². The van der Waals surface area contributed by atoms with Crippen molar-refractivity contribution in [2.45, 2.75) is 20.3 Å². The van der Waals surface area contributed by atoms with Gasteiger partial charge in [-0.05, 0) is 31.0 Å². The van der Waals surface area contributed by atoms with Gasteiger partial charge in [-0.15, -0.1) is 0 Å². The zero-order valence-corrected chi connectivity index (χ0v) is 12.0. The maximum Gasteiger partial charge on any atom is 0.229 e. The summed E-state index contributed by atoms with van der Waals surface area (Å²) in [6.45, 7) is 4.35. The van der Waals surface area contributed by atoms with Crippen LogP contribution in [-0.4, -0.2) is 22.3 Å². The third-order valence-corrected chi connectivity index (χ3v) is 2.91. The van der Waals surface area contributed by atoms with Gasteiger partial charge < -0.3 is 10.1 Å². The normalized spacial score (nSPS) is 10.3. The first-order valence-electron chi connectivity index (χ1n) is 6.54. The molecule has 0 spiro atoms. The van der Waals surface area contributed by atoms with E-state index in [-0.39, 0.29) is 5.91 Å². The quantitative estimate of drug-likeness (QED) is 0.910. The van der Waals surface area contributed by atoms with Gasteiger partial charge in [0.25, 0.3) is 0 Å². The van der Waals surface area contributed by atoms with Crippen molar-refractivity contribution in [1.29, 1.82) is 0 Å². The van der Waals surface area contributed by atoms with Gasteiger partial charge in [-0.25, -0.2) is 0 Å². The van der Waals surface area contributed by atoms with E-state index >= 15 is 0 Å². The number of aromatic nitrogens is 2. The number of benzene rings is 1. The van der Waals surface area contributed by atoms with Gasteiger partial charge in [-0.2, -0.15) is 5.10 Å². The molecule has 1 aromatic heterocycles. The molecule has 1 N–H and O–H groups in total. The van der Waals surface area contributed by atoms with Crippen molar-refractivity contribution in [2.24, 2.45) is 7.05 Å². The van der Waals surface area contributed by atoms with Gasteiger partial charge in [0, 0.05) is 19.3 Å². The Hall–Kier alpha value is -2.30. The van der Waals surface area contributed by atoms with E-state index in [4.69, 9.17) is 4.74 Å². The van der Waals surface area contributed by atoms with E-state index in [0.29, 0.717) is 18.8 Å². The Morgan fingerprint density at radius 1 is 1.35 bits per heavy atom. The summed E-state index contributed by atoms with van der Waals surface area (Å²) in [6, 6.07) is 7.78. The van der Waals surface area contributed by atoms with Crippen LogP contribution in [0.4, 0.5) is 5.82 Å². The monoisotopic (exact) mass is 273 g/mol. The molecule has 20 heavy (non-hydrogen) atoms. The predicted octanol–water partition coefficient (Wildman–Crippen LogP) is 2.44. The number of nitrogens with one attached hydrogen (secondary N) is 1. The zero-order valence-electron chi connectivity index (χ0n) is 12.0. The molecule has 0 radical (unpaired) electrons. The molecule has 5 nitrogen and oxygen atoms in total. The third-order valence-electron chi connectivity index (χ3n) is 2.91. The van der Waals surface area contributed by atoms with Gasteiger partial charge in [0.15, 0.2) is 5.82 Å². The van der Waals surface area contributed by atoms with Crippen LogP contribution >= 0.6 is 0 Å². The summed E-state index contributed by atoms with van der Waals surface area (Å²) in [5, 5.41) is 6.81. The second-order valence-electron chi connectivity index (χ2n) is 4.79. The smallest absolute Gasteiger partial charge is 0.229 e. The third kappa shape index (κ3) is 3.85. The van der Waals surface area contributed by atoms with Crippen LogP contribution in [0.1, 0.15) is 17.5 Å². The fraction of sp³-hybridized carbons (Fsp3) is 0.333. The Morgan fingerprint density at radius 2 is 2.15 bits per heavy atom. The molecule has 2 rings (SSSR count). The van der Waals surface area contributed by atoms with E-state index in [1.807, 2.05) is 32.0 Å². The number of amides is 1. The minimum absolute atomic E-state index is 0.103. The van der Waals surface area contributed by atoms with Crippen LogP contribution in [0.2, 0.25) is 0 Å². The standard InChI is InChI=1S/C15H19N3O2/c1-11-4-5-12(2)13(10-11)20-9-7-15(19)16-14-6-8-18(3)17-14/h4-6,8,10H,7,9H2,1-3H3,(H,16,17,19). The maximum absolute atomic E-state index is 11.7. The Kier molecular flexibility index (Phi) is 4.40. The second kappa shape index (κ2) is 6.23. The largest absolute Gasteiger partial charge is 0.493 e. The number of nitrogens with zero attached hydrogens (tertiary/aromatic N) is 2. The summed E-state index contributed by atoms with van der Waals surface area (Å²) in [4.78, 5) is 11.7. The van der Waals surface area contributed by atoms with E-state index in [1.165, 1.54) is 0 Å². The maximum atomic E-state index is 11.7. The molecule has 0 atom stereocenters. The van der Waals surface area contributed by atoms with Crippen molar-refractivity contribution < 1.29 is 9.53 Å². The van der Waals surface area contributed by atoms with Crippen LogP contribution in [-0.2, 0) is 11.8 Å². The Morgan fingerprint density at radius 3 is 2.85 bits per heavy atom. The van der Waals surface area contributed by atoms with Gasteiger partial charge in [-0.1, -0.05) is 12.1 Å². The Bertz CT molecular complexity index is 605. The minimum Gasteiger partial charge on any atom is -0.493 e. The fourth-order valence-electron chi connectivity index (χ4n) is 1.80. The van der Waals surface area contributed by atoms with Gasteiger partial charge >= 0.3 is 0 Å². The van der Waals surface area contributed by atoms with E-state index < -0.39 is 0 Å². The molecule has 0 bridgehead atoms. The van der Waals surface area contributed by atoms with Crippen LogP contribution in [0.25, 0.3) is 0 Å². The second-order valence-corrected chi connectivity index (χ2v) is 4.79. The minimum atomic E-state index is -0.103. The summed E-state index contributed by atoms with van der Waals surface area (Å²) in [5.74, 6) is 1.29. The topological polar surface area (TPSA) is 56.1 Å². The number of carbonyl (C=O) groups is 1. The van der Waals surface area contributed by atoms with E-state index in [2.05, 4.69) is 10.4 Å². The number of aryl methyl sites for hydroxylation is 3. The molecule has 0 aliphatic rings. The SMILES string of the molecule is Cc1ccc(C)c(OCCC(=O)Nc2ccn(C)n2)c1. The molecule has 0 saturated carbocycles. The molecule has 2 aromatic rings. The number of anilines is 1. The van der Waals surface area contributed by atoms with Crippen molar-refractivity contribution in [3.63, 3.8) is 0 Å².